The maximum absolute atomic E-state index is 12.6. The summed E-state index contributed by atoms with van der Waals surface area (Å²) in [4.78, 5) is 14.7. The molecule has 2 aliphatic rings. The van der Waals surface area contributed by atoms with Crippen LogP contribution >= 0.6 is 0 Å². The summed E-state index contributed by atoms with van der Waals surface area (Å²) in [6.07, 6.45) is -17.3. The quantitative estimate of drug-likeness (QED) is 0.716. The highest BCUT2D eigenvalue weighted by atomic mass is 19.4. The second-order valence-electron chi connectivity index (χ2n) is 6.26. The number of fused-ring (bicyclic) bond motifs is 1. The topological polar surface area (TPSA) is 42.0 Å². The SMILES string of the molecule is O=C(OC(C(F)(F)F)C(F)(F)F)N1Cc2ccc(N3CCOCC3)cc2C1. The van der Waals surface area contributed by atoms with Gasteiger partial charge < -0.3 is 14.4 Å². The maximum atomic E-state index is 12.6. The molecule has 0 saturated carbocycles. The number of hydrogen-bond donors (Lipinski definition) is 0. The molecule has 0 radical (unpaired) electrons. The summed E-state index contributed by atoms with van der Waals surface area (Å²) < 4.78 is 84.3. The van der Waals surface area contributed by atoms with E-state index in [0.29, 0.717) is 37.4 Å². The number of morpholine rings is 1. The van der Waals surface area contributed by atoms with E-state index >= 15 is 0 Å². The first-order valence-corrected chi connectivity index (χ1v) is 8.09. The zero-order valence-electron chi connectivity index (χ0n) is 13.9. The minimum Gasteiger partial charge on any atom is -0.426 e. The van der Waals surface area contributed by atoms with Crippen LogP contribution in [0.15, 0.2) is 18.2 Å². The summed E-state index contributed by atoms with van der Waals surface area (Å²) in [6.45, 7) is 2.24. The lowest BCUT2D eigenvalue weighted by molar-refractivity contribution is -0.308. The van der Waals surface area contributed by atoms with Crippen molar-refractivity contribution in [3.63, 3.8) is 0 Å². The van der Waals surface area contributed by atoms with Crippen LogP contribution in [0.1, 0.15) is 11.1 Å². The Labute approximate surface area is 150 Å². The zero-order chi connectivity index (χ0) is 19.8. The average Bonchev–Trinajstić information content (AvgIpc) is 3.01. The molecule has 0 N–H and O–H groups in total. The highest BCUT2D eigenvalue weighted by Crippen LogP contribution is 2.37. The van der Waals surface area contributed by atoms with Gasteiger partial charge in [-0.2, -0.15) is 26.3 Å². The molecule has 3 rings (SSSR count). The molecule has 1 aromatic rings. The number of benzene rings is 1. The number of halogens is 6. The van der Waals surface area contributed by atoms with Crippen molar-refractivity contribution in [2.45, 2.75) is 31.5 Å². The van der Waals surface area contributed by atoms with Gasteiger partial charge in [-0.1, -0.05) is 6.07 Å². The second kappa shape index (κ2) is 7.10. The number of ether oxygens (including phenoxy) is 2. The Morgan fingerprint density at radius 3 is 2.19 bits per heavy atom. The van der Waals surface area contributed by atoms with Crippen molar-refractivity contribution in [1.29, 1.82) is 0 Å². The first kappa shape index (κ1) is 19.6. The molecule has 5 nitrogen and oxygen atoms in total. The van der Waals surface area contributed by atoms with E-state index in [2.05, 4.69) is 4.74 Å². The van der Waals surface area contributed by atoms with E-state index in [1.807, 2.05) is 4.90 Å². The predicted octanol–water partition coefficient (Wildman–Crippen LogP) is 3.47. The van der Waals surface area contributed by atoms with Crippen molar-refractivity contribution in [1.82, 2.24) is 4.90 Å². The van der Waals surface area contributed by atoms with E-state index in [4.69, 9.17) is 4.74 Å². The molecule has 0 atom stereocenters. The molecule has 27 heavy (non-hydrogen) atoms. The van der Waals surface area contributed by atoms with Crippen LogP contribution in [0.4, 0.5) is 36.8 Å². The molecule has 1 fully saturated rings. The highest BCUT2D eigenvalue weighted by Gasteiger charge is 2.60. The smallest absolute Gasteiger partial charge is 0.426 e. The Bertz CT molecular complexity index is 686. The molecular formula is C16H16F6N2O3. The van der Waals surface area contributed by atoms with E-state index in [-0.39, 0.29) is 13.1 Å². The standard InChI is InChI=1S/C16H16F6N2O3/c17-15(18,19)13(16(20,21)22)27-14(25)24-8-10-1-2-12(7-11(10)9-24)23-3-5-26-6-4-23/h1-2,7,13H,3-6,8-9H2. The van der Waals surface area contributed by atoms with Crippen molar-refractivity contribution in [3.05, 3.63) is 29.3 Å². The van der Waals surface area contributed by atoms with Gasteiger partial charge in [0.1, 0.15) is 0 Å². The van der Waals surface area contributed by atoms with Gasteiger partial charge in [0.05, 0.1) is 13.2 Å². The maximum Gasteiger partial charge on any atom is 0.434 e. The van der Waals surface area contributed by atoms with Gasteiger partial charge in [-0.25, -0.2) is 4.79 Å². The van der Waals surface area contributed by atoms with Crippen LogP contribution in [0.3, 0.4) is 0 Å². The number of hydrogen-bond acceptors (Lipinski definition) is 4. The van der Waals surface area contributed by atoms with Crippen molar-refractivity contribution < 1.29 is 40.6 Å². The van der Waals surface area contributed by atoms with Gasteiger partial charge in [0.2, 0.25) is 0 Å². The van der Waals surface area contributed by atoms with Crippen molar-refractivity contribution in [3.8, 4) is 0 Å². The molecule has 0 aromatic heterocycles. The number of carbonyl (C=O) groups excluding carboxylic acids is 1. The molecule has 2 aliphatic heterocycles. The monoisotopic (exact) mass is 398 g/mol. The summed E-state index contributed by atoms with van der Waals surface area (Å²) in [5.74, 6) is 0. The van der Waals surface area contributed by atoms with Crippen LogP contribution in [-0.2, 0) is 22.6 Å². The van der Waals surface area contributed by atoms with Gasteiger partial charge in [-0.3, -0.25) is 4.90 Å². The summed E-state index contributed by atoms with van der Waals surface area (Å²) >= 11 is 0. The molecular weight excluding hydrogens is 382 g/mol. The normalized spacial score (nSPS) is 18.0. The Balaban J connectivity index is 1.69. The van der Waals surface area contributed by atoms with Gasteiger partial charge >= 0.3 is 18.4 Å². The Hall–Kier alpha value is -2.17. The van der Waals surface area contributed by atoms with Crippen LogP contribution in [-0.4, -0.2) is 55.8 Å². The van der Waals surface area contributed by atoms with E-state index in [9.17, 15) is 31.1 Å². The first-order chi connectivity index (χ1) is 12.6. The number of carbonyl (C=O) groups is 1. The van der Waals surface area contributed by atoms with Crippen LogP contribution < -0.4 is 4.90 Å². The summed E-state index contributed by atoms with van der Waals surface area (Å²) in [5.41, 5.74) is 2.17. The van der Waals surface area contributed by atoms with Gasteiger partial charge in [0.25, 0.3) is 6.10 Å². The van der Waals surface area contributed by atoms with Crippen molar-refractivity contribution in [2.75, 3.05) is 31.2 Å². The number of nitrogens with zero attached hydrogens (tertiary/aromatic N) is 2. The van der Waals surface area contributed by atoms with Crippen LogP contribution in [0.5, 0.6) is 0 Å². The minimum absolute atomic E-state index is 0.111. The first-order valence-electron chi connectivity index (χ1n) is 8.09. The molecule has 0 unspecified atom stereocenters. The van der Waals surface area contributed by atoms with Crippen molar-refractivity contribution in [2.24, 2.45) is 0 Å². The Morgan fingerprint density at radius 2 is 1.59 bits per heavy atom. The van der Waals surface area contributed by atoms with E-state index in [0.717, 1.165) is 10.6 Å². The third kappa shape index (κ3) is 4.40. The largest absolute Gasteiger partial charge is 0.434 e. The molecule has 1 amide bonds. The van der Waals surface area contributed by atoms with E-state index in [1.165, 1.54) is 0 Å². The molecule has 150 valence electrons. The Kier molecular flexibility index (Phi) is 5.15. The lowest BCUT2D eigenvalue weighted by Gasteiger charge is -2.29. The molecule has 1 aromatic carbocycles. The number of alkyl halides is 6. The average molecular weight is 398 g/mol. The molecule has 2 heterocycles. The third-order valence-corrected chi connectivity index (χ3v) is 4.36. The molecule has 0 bridgehead atoms. The summed E-state index contributed by atoms with van der Waals surface area (Å²) in [5, 5.41) is 0. The second-order valence-corrected chi connectivity index (χ2v) is 6.26. The predicted molar refractivity (Wildman–Crippen MR) is 81.1 cm³/mol. The highest BCUT2D eigenvalue weighted by molar-refractivity contribution is 5.69. The van der Waals surface area contributed by atoms with Crippen LogP contribution in [0, 0.1) is 0 Å². The minimum atomic E-state index is -5.73. The molecule has 1 saturated heterocycles. The van der Waals surface area contributed by atoms with Gasteiger partial charge in [-0.15, -0.1) is 0 Å². The summed E-state index contributed by atoms with van der Waals surface area (Å²) in [7, 11) is 0. The molecule has 0 spiro atoms. The molecule has 11 heteroatoms. The lowest BCUT2D eigenvalue weighted by Crippen LogP contribution is -2.47. The van der Waals surface area contributed by atoms with Crippen LogP contribution in [0.2, 0.25) is 0 Å². The number of anilines is 1. The third-order valence-electron chi connectivity index (χ3n) is 4.36. The van der Waals surface area contributed by atoms with Crippen molar-refractivity contribution >= 4 is 11.8 Å². The van der Waals surface area contributed by atoms with Gasteiger partial charge in [0, 0.05) is 31.9 Å². The number of rotatable bonds is 2. The van der Waals surface area contributed by atoms with E-state index in [1.54, 1.807) is 18.2 Å². The van der Waals surface area contributed by atoms with Gasteiger partial charge in [0.15, 0.2) is 0 Å². The fourth-order valence-electron chi connectivity index (χ4n) is 3.02. The fourth-order valence-corrected chi connectivity index (χ4v) is 3.02. The van der Waals surface area contributed by atoms with Crippen LogP contribution in [0.25, 0.3) is 0 Å². The fraction of sp³-hybridized carbons (Fsp3) is 0.562. The lowest BCUT2D eigenvalue weighted by atomic mass is 10.1. The Morgan fingerprint density at radius 1 is 1.00 bits per heavy atom. The van der Waals surface area contributed by atoms with Gasteiger partial charge in [-0.05, 0) is 23.3 Å². The summed E-state index contributed by atoms with van der Waals surface area (Å²) in [6, 6.07) is 5.28. The zero-order valence-corrected chi connectivity index (χ0v) is 13.9. The molecule has 0 aliphatic carbocycles. The number of amides is 1. The van der Waals surface area contributed by atoms with E-state index < -0.39 is 24.5 Å².